The first kappa shape index (κ1) is 12.4. The van der Waals surface area contributed by atoms with Gasteiger partial charge in [0.05, 0.1) is 11.7 Å². The minimum Gasteiger partial charge on any atom is -0.304 e. The quantitative estimate of drug-likeness (QED) is 0.791. The minimum absolute atomic E-state index is 0.588. The van der Waals surface area contributed by atoms with Crippen molar-refractivity contribution in [2.45, 2.75) is 31.7 Å². The van der Waals surface area contributed by atoms with Crippen LogP contribution in [0.15, 0.2) is 24.5 Å². The zero-order valence-corrected chi connectivity index (χ0v) is 11.2. The van der Waals surface area contributed by atoms with E-state index in [1.807, 2.05) is 24.5 Å². The van der Waals surface area contributed by atoms with E-state index in [1.165, 1.54) is 25.8 Å². The second kappa shape index (κ2) is 5.13. The predicted octanol–water partition coefficient (Wildman–Crippen LogP) is 2.17. The Labute approximate surface area is 113 Å². The number of carbonyl (C=O) groups is 1. The fourth-order valence-corrected chi connectivity index (χ4v) is 2.91. The molecule has 1 aliphatic heterocycles. The van der Waals surface area contributed by atoms with Gasteiger partial charge >= 0.3 is 0 Å². The Kier molecular flexibility index (Phi) is 3.34. The number of likely N-dealkylation sites (tertiary alicyclic amines) is 1. The monoisotopic (exact) mass is 257 g/mol. The molecule has 1 unspecified atom stereocenters. The molecule has 19 heavy (non-hydrogen) atoms. The van der Waals surface area contributed by atoms with E-state index in [4.69, 9.17) is 0 Å². The lowest BCUT2D eigenvalue weighted by Gasteiger charge is -2.32. The van der Waals surface area contributed by atoms with Crippen molar-refractivity contribution in [3.8, 4) is 0 Å². The van der Waals surface area contributed by atoms with Crippen molar-refractivity contribution in [3.63, 3.8) is 0 Å². The average molecular weight is 257 g/mol. The number of hydrogen-bond donors (Lipinski definition) is 0. The summed E-state index contributed by atoms with van der Waals surface area (Å²) in [6, 6.07) is 4.31. The summed E-state index contributed by atoms with van der Waals surface area (Å²) in [6.07, 6.45) is 9.52. The number of aldehydes is 1. The number of piperidine rings is 1. The van der Waals surface area contributed by atoms with Crippen LogP contribution >= 0.6 is 0 Å². The number of likely N-dealkylation sites (N-methyl/N-ethyl adjacent to an activating group) is 1. The lowest BCUT2D eigenvalue weighted by molar-refractivity contribution is 0.112. The van der Waals surface area contributed by atoms with Gasteiger partial charge in [0, 0.05) is 24.2 Å². The molecule has 3 heterocycles. The van der Waals surface area contributed by atoms with E-state index in [-0.39, 0.29) is 0 Å². The van der Waals surface area contributed by atoms with Crippen molar-refractivity contribution in [3.05, 3.63) is 35.9 Å². The largest absolute Gasteiger partial charge is 0.304 e. The highest BCUT2D eigenvalue weighted by molar-refractivity contribution is 5.77. The fraction of sp³-hybridized carbons (Fsp3) is 0.467. The molecule has 0 saturated carbocycles. The highest BCUT2D eigenvalue weighted by Crippen LogP contribution is 2.19. The van der Waals surface area contributed by atoms with Gasteiger partial charge in [0.1, 0.15) is 12.1 Å². The van der Waals surface area contributed by atoms with Gasteiger partial charge in [-0.15, -0.1) is 0 Å². The number of fused-ring (bicyclic) bond motifs is 1. The topological polar surface area (TPSA) is 37.6 Å². The van der Waals surface area contributed by atoms with E-state index in [2.05, 4.69) is 21.3 Å². The second-order valence-electron chi connectivity index (χ2n) is 5.38. The zero-order chi connectivity index (χ0) is 13.2. The molecular weight excluding hydrogens is 238 g/mol. The molecule has 1 atom stereocenters. The van der Waals surface area contributed by atoms with E-state index in [9.17, 15) is 4.79 Å². The molecule has 0 spiro atoms. The molecule has 4 heteroatoms. The molecule has 1 aliphatic rings. The first-order valence-corrected chi connectivity index (χ1v) is 6.89. The third kappa shape index (κ3) is 2.40. The Balaban J connectivity index is 1.86. The van der Waals surface area contributed by atoms with Gasteiger partial charge in [0.15, 0.2) is 0 Å². The summed E-state index contributed by atoms with van der Waals surface area (Å²) >= 11 is 0. The molecule has 1 saturated heterocycles. The molecule has 1 fully saturated rings. The van der Waals surface area contributed by atoms with Gasteiger partial charge in [0.25, 0.3) is 0 Å². The molecule has 100 valence electrons. The number of pyridine rings is 1. The number of nitrogens with zero attached hydrogens (tertiary/aromatic N) is 3. The summed E-state index contributed by atoms with van der Waals surface area (Å²) in [5.74, 6) is 1.09. The molecule has 0 aromatic carbocycles. The lowest BCUT2D eigenvalue weighted by Crippen LogP contribution is -2.38. The third-order valence-electron chi connectivity index (χ3n) is 4.11. The first-order valence-electron chi connectivity index (χ1n) is 6.89. The van der Waals surface area contributed by atoms with E-state index >= 15 is 0 Å². The maximum atomic E-state index is 10.8. The van der Waals surface area contributed by atoms with Gasteiger partial charge in [-0.05, 0) is 38.6 Å². The van der Waals surface area contributed by atoms with Crippen LogP contribution in [-0.2, 0) is 6.42 Å². The van der Waals surface area contributed by atoms with Gasteiger partial charge in [-0.1, -0.05) is 6.42 Å². The van der Waals surface area contributed by atoms with Crippen LogP contribution in [0.3, 0.4) is 0 Å². The maximum absolute atomic E-state index is 10.8. The molecule has 0 radical (unpaired) electrons. The van der Waals surface area contributed by atoms with Gasteiger partial charge in [-0.25, -0.2) is 4.98 Å². The molecule has 4 nitrogen and oxygen atoms in total. The molecule has 0 bridgehead atoms. The van der Waals surface area contributed by atoms with Crippen molar-refractivity contribution in [2.75, 3.05) is 13.6 Å². The number of hydrogen-bond acceptors (Lipinski definition) is 3. The fourth-order valence-electron chi connectivity index (χ4n) is 2.91. The second-order valence-corrected chi connectivity index (χ2v) is 5.38. The standard InChI is InChI=1S/C15H19N3O/c1-17-6-3-2-4-13(17)9-15-16-10-14-8-12(11-19)5-7-18(14)15/h5,7-8,10-11,13H,2-4,6,9H2,1H3. The number of carbonyl (C=O) groups excluding carboxylic acids is 1. The van der Waals surface area contributed by atoms with Gasteiger partial charge in [-0.2, -0.15) is 0 Å². The third-order valence-corrected chi connectivity index (χ3v) is 4.11. The van der Waals surface area contributed by atoms with Crippen LogP contribution in [0.4, 0.5) is 0 Å². The molecule has 2 aromatic heterocycles. The Morgan fingerprint density at radius 1 is 1.47 bits per heavy atom. The predicted molar refractivity (Wildman–Crippen MR) is 74.6 cm³/mol. The summed E-state index contributed by atoms with van der Waals surface area (Å²) in [5, 5.41) is 0. The summed E-state index contributed by atoms with van der Waals surface area (Å²) in [5.41, 5.74) is 1.70. The van der Waals surface area contributed by atoms with Crippen LogP contribution < -0.4 is 0 Å². The Hall–Kier alpha value is -1.68. The van der Waals surface area contributed by atoms with Crippen LogP contribution in [0.5, 0.6) is 0 Å². The van der Waals surface area contributed by atoms with E-state index in [0.29, 0.717) is 11.6 Å². The number of imidazole rings is 1. The van der Waals surface area contributed by atoms with E-state index in [1.54, 1.807) is 0 Å². The SMILES string of the molecule is CN1CCCCC1Cc1ncc2cc(C=O)ccn12. The van der Waals surface area contributed by atoms with Gasteiger partial charge < -0.3 is 9.30 Å². The highest BCUT2D eigenvalue weighted by atomic mass is 16.1. The van der Waals surface area contributed by atoms with Crippen molar-refractivity contribution in [1.82, 2.24) is 14.3 Å². The number of rotatable bonds is 3. The first-order chi connectivity index (χ1) is 9.28. The van der Waals surface area contributed by atoms with Crippen molar-refractivity contribution in [1.29, 1.82) is 0 Å². The zero-order valence-electron chi connectivity index (χ0n) is 11.2. The van der Waals surface area contributed by atoms with E-state index < -0.39 is 0 Å². The van der Waals surface area contributed by atoms with Crippen LogP contribution in [0.2, 0.25) is 0 Å². The normalized spacial score (nSPS) is 20.8. The average Bonchev–Trinajstić information content (AvgIpc) is 2.83. The molecule has 0 N–H and O–H groups in total. The van der Waals surface area contributed by atoms with Crippen molar-refractivity contribution in [2.24, 2.45) is 0 Å². The minimum atomic E-state index is 0.588. The Morgan fingerprint density at radius 2 is 2.37 bits per heavy atom. The molecule has 2 aromatic rings. The summed E-state index contributed by atoms with van der Waals surface area (Å²) in [6.45, 7) is 1.18. The van der Waals surface area contributed by atoms with Crippen LogP contribution in [0, 0.1) is 0 Å². The van der Waals surface area contributed by atoms with Crippen LogP contribution in [0.25, 0.3) is 5.52 Å². The number of aromatic nitrogens is 2. The maximum Gasteiger partial charge on any atom is 0.150 e. The summed E-state index contributed by atoms with van der Waals surface area (Å²) in [7, 11) is 2.20. The van der Waals surface area contributed by atoms with Gasteiger partial charge in [-0.3, -0.25) is 4.79 Å². The Bertz CT molecular complexity index is 590. The van der Waals surface area contributed by atoms with E-state index in [0.717, 1.165) is 24.0 Å². The molecule has 0 aliphatic carbocycles. The molecular formula is C15H19N3O. The summed E-state index contributed by atoms with van der Waals surface area (Å²) < 4.78 is 2.09. The van der Waals surface area contributed by atoms with Gasteiger partial charge in [0.2, 0.25) is 0 Å². The van der Waals surface area contributed by atoms with Crippen LogP contribution in [0.1, 0.15) is 35.4 Å². The van der Waals surface area contributed by atoms with Crippen molar-refractivity contribution >= 4 is 11.8 Å². The smallest absolute Gasteiger partial charge is 0.150 e. The molecule has 3 rings (SSSR count). The molecule has 0 amide bonds. The highest BCUT2D eigenvalue weighted by Gasteiger charge is 2.20. The van der Waals surface area contributed by atoms with Crippen molar-refractivity contribution < 1.29 is 4.79 Å². The van der Waals surface area contributed by atoms with Crippen LogP contribution in [-0.4, -0.2) is 40.2 Å². The lowest BCUT2D eigenvalue weighted by atomic mass is 10.00. The summed E-state index contributed by atoms with van der Waals surface area (Å²) in [4.78, 5) is 17.7. The Morgan fingerprint density at radius 3 is 3.16 bits per heavy atom.